The van der Waals surface area contributed by atoms with Crippen LogP contribution < -0.4 is 5.32 Å². The largest absolute Gasteiger partial charge is 0.391 e. The number of nitrogens with one attached hydrogen (secondary N) is 1. The molecule has 2 aliphatic heterocycles. The summed E-state index contributed by atoms with van der Waals surface area (Å²) >= 11 is 0. The van der Waals surface area contributed by atoms with Crippen LogP contribution >= 0.6 is 0 Å². The zero-order valence-electron chi connectivity index (χ0n) is 10.8. The molecule has 2 heterocycles. The molecule has 0 unspecified atom stereocenters. The molecule has 2 nitrogen and oxygen atoms in total. The molecule has 2 saturated heterocycles. The average Bonchev–Trinajstić information content (AvgIpc) is 2.37. The van der Waals surface area contributed by atoms with E-state index in [0.717, 1.165) is 32.0 Å². The van der Waals surface area contributed by atoms with Crippen LogP contribution in [0.3, 0.4) is 0 Å². The molecule has 0 spiro atoms. The Balaban J connectivity index is 1.64. The highest BCUT2D eigenvalue weighted by Gasteiger charge is 2.40. The molecule has 0 aromatic rings. The summed E-state index contributed by atoms with van der Waals surface area (Å²) in [5, 5.41) is 3.34. The topological polar surface area (TPSA) is 15.3 Å². The van der Waals surface area contributed by atoms with Gasteiger partial charge in [0.15, 0.2) is 0 Å². The van der Waals surface area contributed by atoms with E-state index in [-0.39, 0.29) is 12.8 Å². The SMILES string of the molecule is FC(F)(F)C1CCN(CCC2CCNCC2)CC1. The van der Waals surface area contributed by atoms with Gasteiger partial charge in [-0.15, -0.1) is 0 Å². The van der Waals surface area contributed by atoms with E-state index >= 15 is 0 Å². The van der Waals surface area contributed by atoms with Gasteiger partial charge in [0.25, 0.3) is 0 Å². The fraction of sp³-hybridized carbons (Fsp3) is 1.00. The van der Waals surface area contributed by atoms with Gasteiger partial charge < -0.3 is 10.2 Å². The van der Waals surface area contributed by atoms with Gasteiger partial charge >= 0.3 is 6.18 Å². The monoisotopic (exact) mass is 264 g/mol. The Morgan fingerprint density at radius 2 is 1.61 bits per heavy atom. The molecule has 2 aliphatic rings. The zero-order chi connectivity index (χ0) is 13.0. The lowest BCUT2D eigenvalue weighted by molar-refractivity contribution is -0.185. The van der Waals surface area contributed by atoms with Crippen molar-refractivity contribution in [2.24, 2.45) is 11.8 Å². The highest BCUT2D eigenvalue weighted by molar-refractivity contribution is 4.78. The fourth-order valence-electron chi connectivity index (χ4n) is 3.02. The summed E-state index contributed by atoms with van der Waals surface area (Å²) in [5.41, 5.74) is 0. The molecule has 0 amide bonds. The molecule has 18 heavy (non-hydrogen) atoms. The van der Waals surface area contributed by atoms with Crippen LogP contribution in [0.1, 0.15) is 32.1 Å². The number of alkyl halides is 3. The van der Waals surface area contributed by atoms with E-state index in [2.05, 4.69) is 10.2 Å². The number of piperidine rings is 2. The third-order valence-electron chi connectivity index (χ3n) is 4.36. The van der Waals surface area contributed by atoms with Gasteiger partial charge in [-0.3, -0.25) is 0 Å². The number of rotatable bonds is 3. The van der Waals surface area contributed by atoms with Gasteiger partial charge in [0.2, 0.25) is 0 Å². The molecule has 0 radical (unpaired) electrons. The molecule has 0 aliphatic carbocycles. The summed E-state index contributed by atoms with van der Waals surface area (Å²) in [6.45, 7) is 4.42. The Morgan fingerprint density at radius 1 is 1.00 bits per heavy atom. The highest BCUT2D eigenvalue weighted by atomic mass is 19.4. The van der Waals surface area contributed by atoms with Gasteiger partial charge in [-0.1, -0.05) is 0 Å². The standard InChI is InChI=1S/C13H23F3N2/c14-13(15,16)12-4-9-18(10-5-12)8-3-11-1-6-17-7-2-11/h11-12,17H,1-10H2. The van der Waals surface area contributed by atoms with Crippen molar-refractivity contribution in [1.29, 1.82) is 0 Å². The van der Waals surface area contributed by atoms with Crippen molar-refractivity contribution in [2.75, 3.05) is 32.7 Å². The number of hydrogen-bond donors (Lipinski definition) is 1. The number of hydrogen-bond acceptors (Lipinski definition) is 2. The van der Waals surface area contributed by atoms with Crippen molar-refractivity contribution in [1.82, 2.24) is 10.2 Å². The van der Waals surface area contributed by atoms with Gasteiger partial charge in [-0.05, 0) is 70.7 Å². The highest BCUT2D eigenvalue weighted by Crippen LogP contribution is 2.34. The molecular formula is C13H23F3N2. The second-order valence-electron chi connectivity index (χ2n) is 5.64. The molecule has 2 fully saturated rings. The minimum atomic E-state index is -3.98. The smallest absolute Gasteiger partial charge is 0.317 e. The maximum absolute atomic E-state index is 12.5. The zero-order valence-corrected chi connectivity index (χ0v) is 10.8. The molecule has 0 aromatic carbocycles. The van der Waals surface area contributed by atoms with Crippen molar-refractivity contribution < 1.29 is 13.2 Å². The molecule has 0 bridgehead atoms. The summed E-state index contributed by atoms with van der Waals surface area (Å²) in [6, 6.07) is 0. The molecule has 0 aromatic heterocycles. The van der Waals surface area contributed by atoms with Crippen molar-refractivity contribution in [3.63, 3.8) is 0 Å². The predicted octanol–water partition coefficient (Wildman–Crippen LogP) is 2.65. The maximum atomic E-state index is 12.5. The van der Waals surface area contributed by atoms with Gasteiger partial charge in [-0.25, -0.2) is 0 Å². The molecular weight excluding hydrogens is 241 g/mol. The minimum Gasteiger partial charge on any atom is -0.317 e. The van der Waals surface area contributed by atoms with Gasteiger partial charge in [0.05, 0.1) is 5.92 Å². The Kier molecular flexibility index (Phi) is 4.90. The van der Waals surface area contributed by atoms with E-state index in [4.69, 9.17) is 0 Å². The lowest BCUT2D eigenvalue weighted by Gasteiger charge is -2.34. The van der Waals surface area contributed by atoms with E-state index < -0.39 is 12.1 Å². The second kappa shape index (κ2) is 6.24. The Morgan fingerprint density at radius 3 is 2.17 bits per heavy atom. The summed E-state index contributed by atoms with van der Waals surface area (Å²) < 4.78 is 37.6. The third-order valence-corrected chi connectivity index (χ3v) is 4.36. The molecule has 2 rings (SSSR count). The molecule has 106 valence electrons. The van der Waals surface area contributed by atoms with E-state index in [1.807, 2.05) is 0 Å². The average molecular weight is 264 g/mol. The van der Waals surface area contributed by atoms with Crippen LogP contribution in [0.2, 0.25) is 0 Å². The van der Waals surface area contributed by atoms with Crippen LogP contribution in [-0.4, -0.2) is 43.8 Å². The van der Waals surface area contributed by atoms with Gasteiger partial charge in [0.1, 0.15) is 0 Å². The van der Waals surface area contributed by atoms with E-state index in [1.165, 1.54) is 12.8 Å². The van der Waals surface area contributed by atoms with Crippen molar-refractivity contribution in [2.45, 2.75) is 38.3 Å². The lowest BCUT2D eigenvalue weighted by Crippen LogP contribution is -2.40. The van der Waals surface area contributed by atoms with E-state index in [1.54, 1.807) is 0 Å². The van der Waals surface area contributed by atoms with Crippen LogP contribution in [0, 0.1) is 11.8 Å². The molecule has 5 heteroatoms. The normalized spacial score (nSPS) is 25.5. The van der Waals surface area contributed by atoms with Gasteiger partial charge in [-0.2, -0.15) is 13.2 Å². The fourth-order valence-corrected chi connectivity index (χ4v) is 3.02. The maximum Gasteiger partial charge on any atom is 0.391 e. The number of halogens is 3. The molecule has 0 atom stereocenters. The Bertz CT molecular complexity index is 241. The van der Waals surface area contributed by atoms with Crippen molar-refractivity contribution in [3.05, 3.63) is 0 Å². The van der Waals surface area contributed by atoms with Crippen molar-refractivity contribution in [3.8, 4) is 0 Å². The van der Waals surface area contributed by atoms with E-state index in [9.17, 15) is 13.2 Å². The van der Waals surface area contributed by atoms with E-state index in [0.29, 0.717) is 13.1 Å². The van der Waals surface area contributed by atoms with Crippen LogP contribution in [0.25, 0.3) is 0 Å². The summed E-state index contributed by atoms with van der Waals surface area (Å²) in [6.07, 6.45) is 0.184. The quantitative estimate of drug-likeness (QED) is 0.843. The first kappa shape index (κ1) is 14.1. The summed E-state index contributed by atoms with van der Waals surface area (Å²) in [4.78, 5) is 2.21. The first-order chi connectivity index (χ1) is 8.55. The summed E-state index contributed by atoms with van der Waals surface area (Å²) in [7, 11) is 0. The molecule has 1 N–H and O–H groups in total. The Hall–Kier alpha value is -0.290. The van der Waals surface area contributed by atoms with Gasteiger partial charge in [0, 0.05) is 0 Å². The number of nitrogens with zero attached hydrogens (tertiary/aromatic N) is 1. The van der Waals surface area contributed by atoms with Crippen LogP contribution in [-0.2, 0) is 0 Å². The third kappa shape index (κ3) is 4.12. The summed E-state index contributed by atoms with van der Waals surface area (Å²) in [5.74, 6) is -0.292. The second-order valence-corrected chi connectivity index (χ2v) is 5.64. The van der Waals surface area contributed by atoms with Crippen molar-refractivity contribution >= 4 is 0 Å². The first-order valence-electron chi connectivity index (χ1n) is 7.05. The van der Waals surface area contributed by atoms with Crippen LogP contribution in [0.4, 0.5) is 13.2 Å². The molecule has 0 saturated carbocycles. The predicted molar refractivity (Wildman–Crippen MR) is 65.4 cm³/mol. The van der Waals surface area contributed by atoms with Crippen LogP contribution in [0.15, 0.2) is 0 Å². The minimum absolute atomic E-state index is 0.287. The first-order valence-corrected chi connectivity index (χ1v) is 7.05. The number of likely N-dealkylation sites (tertiary alicyclic amines) is 1. The van der Waals surface area contributed by atoms with Crippen LogP contribution in [0.5, 0.6) is 0 Å². The Labute approximate surface area is 107 Å². The lowest BCUT2D eigenvalue weighted by atomic mass is 9.93.